The molecule has 1 aliphatic rings. The number of hydrogen-bond donors (Lipinski definition) is 2. The molecule has 3 aromatic rings. The van der Waals surface area contributed by atoms with Gasteiger partial charge in [0.05, 0.1) is 24.6 Å². The van der Waals surface area contributed by atoms with Crippen LogP contribution in [0.3, 0.4) is 0 Å². The number of carbonyl (C=O) groups is 1. The van der Waals surface area contributed by atoms with Gasteiger partial charge < -0.3 is 20.1 Å². The predicted octanol–water partition coefficient (Wildman–Crippen LogP) is 4.04. The number of aromatic nitrogens is 1. The van der Waals surface area contributed by atoms with Gasteiger partial charge in [0, 0.05) is 32.2 Å². The molecule has 7 nitrogen and oxygen atoms in total. The average molecular weight is 436 g/mol. The van der Waals surface area contributed by atoms with E-state index in [1.807, 2.05) is 18.2 Å². The van der Waals surface area contributed by atoms with Gasteiger partial charge in [-0.25, -0.2) is 14.2 Å². The van der Waals surface area contributed by atoms with Crippen LogP contribution in [-0.4, -0.2) is 48.3 Å². The van der Waals surface area contributed by atoms with E-state index in [1.165, 1.54) is 36.0 Å². The second-order valence-corrected chi connectivity index (χ2v) is 7.49. The van der Waals surface area contributed by atoms with E-state index in [-0.39, 0.29) is 18.0 Å². The molecule has 1 aliphatic heterocycles. The maximum absolute atomic E-state index is 13.0. The van der Waals surface area contributed by atoms with E-state index < -0.39 is 0 Å². The molecule has 0 aliphatic carbocycles. The first-order chi connectivity index (χ1) is 15.6. The van der Waals surface area contributed by atoms with E-state index in [9.17, 15) is 9.18 Å². The van der Waals surface area contributed by atoms with Crippen molar-refractivity contribution in [2.75, 3.05) is 31.6 Å². The Bertz CT molecular complexity index is 1000. The van der Waals surface area contributed by atoms with Crippen molar-refractivity contribution in [3.8, 4) is 11.6 Å². The first-order valence-corrected chi connectivity index (χ1v) is 10.5. The minimum absolute atomic E-state index is 0.0668. The van der Waals surface area contributed by atoms with Crippen LogP contribution < -0.4 is 15.4 Å². The van der Waals surface area contributed by atoms with Crippen molar-refractivity contribution in [1.82, 2.24) is 15.2 Å². The van der Waals surface area contributed by atoms with Crippen LogP contribution in [0.1, 0.15) is 5.56 Å². The number of halogens is 1. The summed E-state index contributed by atoms with van der Waals surface area (Å²) in [7, 11) is 0. The summed E-state index contributed by atoms with van der Waals surface area (Å²) in [5.74, 6) is 0.487. The minimum atomic E-state index is -0.335. The van der Waals surface area contributed by atoms with Gasteiger partial charge in [-0.3, -0.25) is 4.90 Å². The van der Waals surface area contributed by atoms with E-state index in [4.69, 9.17) is 9.47 Å². The number of benzene rings is 2. The molecule has 0 saturated carbocycles. The lowest BCUT2D eigenvalue weighted by Gasteiger charge is -2.33. The molecule has 1 saturated heterocycles. The summed E-state index contributed by atoms with van der Waals surface area (Å²) in [5.41, 5.74) is 1.79. The summed E-state index contributed by atoms with van der Waals surface area (Å²) in [4.78, 5) is 18.7. The number of carbonyl (C=O) groups excluding carboxylic acids is 1. The van der Waals surface area contributed by atoms with Gasteiger partial charge in [0.1, 0.15) is 11.6 Å². The fraction of sp³-hybridized carbons (Fsp3) is 0.250. The normalized spacial score (nSPS) is 16.3. The number of amides is 2. The van der Waals surface area contributed by atoms with Crippen LogP contribution in [0.15, 0.2) is 72.9 Å². The maximum Gasteiger partial charge on any atom is 0.319 e. The lowest BCUT2D eigenvalue weighted by Crippen LogP contribution is -2.47. The molecule has 8 heteroatoms. The van der Waals surface area contributed by atoms with Crippen LogP contribution in [0.25, 0.3) is 0 Å². The Kier molecular flexibility index (Phi) is 7.27. The fourth-order valence-corrected chi connectivity index (χ4v) is 3.41. The number of pyridine rings is 1. The SMILES string of the molecule is O=C(NCC1CN(Cc2ccccc2)CCO1)Nc1ccc(Oc2ccc(F)cc2)nc1. The van der Waals surface area contributed by atoms with Gasteiger partial charge in [-0.15, -0.1) is 0 Å². The van der Waals surface area contributed by atoms with Crippen molar-refractivity contribution >= 4 is 11.7 Å². The first kappa shape index (κ1) is 21.7. The summed E-state index contributed by atoms with van der Waals surface area (Å²) >= 11 is 0. The van der Waals surface area contributed by atoms with Crippen LogP contribution in [-0.2, 0) is 11.3 Å². The highest BCUT2D eigenvalue weighted by Gasteiger charge is 2.21. The van der Waals surface area contributed by atoms with Crippen LogP contribution in [0, 0.1) is 5.82 Å². The molecule has 4 rings (SSSR count). The lowest BCUT2D eigenvalue weighted by molar-refractivity contribution is -0.0285. The van der Waals surface area contributed by atoms with Gasteiger partial charge in [0.25, 0.3) is 0 Å². The van der Waals surface area contributed by atoms with Crippen molar-refractivity contribution in [3.63, 3.8) is 0 Å². The number of anilines is 1. The van der Waals surface area contributed by atoms with Crippen molar-refractivity contribution in [2.24, 2.45) is 0 Å². The molecule has 1 atom stereocenters. The zero-order chi connectivity index (χ0) is 22.2. The van der Waals surface area contributed by atoms with Gasteiger partial charge in [-0.2, -0.15) is 0 Å². The van der Waals surface area contributed by atoms with E-state index >= 15 is 0 Å². The zero-order valence-corrected chi connectivity index (χ0v) is 17.5. The van der Waals surface area contributed by atoms with Crippen molar-refractivity contribution in [3.05, 3.63) is 84.3 Å². The molecule has 0 spiro atoms. The van der Waals surface area contributed by atoms with Crippen molar-refractivity contribution in [2.45, 2.75) is 12.6 Å². The van der Waals surface area contributed by atoms with Gasteiger partial charge in [-0.1, -0.05) is 30.3 Å². The molecule has 2 aromatic carbocycles. The topological polar surface area (TPSA) is 75.7 Å². The molecule has 0 bridgehead atoms. The monoisotopic (exact) mass is 436 g/mol. The molecule has 32 heavy (non-hydrogen) atoms. The Morgan fingerprint density at radius 3 is 2.69 bits per heavy atom. The quantitative estimate of drug-likeness (QED) is 0.585. The Hall–Kier alpha value is -3.49. The van der Waals surface area contributed by atoms with Crippen molar-refractivity contribution < 1.29 is 18.7 Å². The van der Waals surface area contributed by atoms with Gasteiger partial charge in [0.2, 0.25) is 5.88 Å². The number of hydrogen-bond acceptors (Lipinski definition) is 5. The molecule has 1 unspecified atom stereocenters. The van der Waals surface area contributed by atoms with Crippen LogP contribution in [0.2, 0.25) is 0 Å². The maximum atomic E-state index is 13.0. The largest absolute Gasteiger partial charge is 0.439 e. The number of nitrogens with one attached hydrogen (secondary N) is 2. The highest BCUT2D eigenvalue weighted by molar-refractivity contribution is 5.89. The molecular weight excluding hydrogens is 411 g/mol. The van der Waals surface area contributed by atoms with Crippen LogP contribution in [0.4, 0.5) is 14.9 Å². The van der Waals surface area contributed by atoms with Gasteiger partial charge >= 0.3 is 6.03 Å². The molecule has 166 valence electrons. The number of urea groups is 1. The summed E-state index contributed by atoms with van der Waals surface area (Å²) < 4.78 is 24.3. The third-order valence-corrected chi connectivity index (χ3v) is 4.99. The Labute approximate surface area is 186 Å². The third kappa shape index (κ3) is 6.50. The molecule has 1 aromatic heterocycles. The second-order valence-electron chi connectivity index (χ2n) is 7.49. The van der Waals surface area contributed by atoms with Gasteiger partial charge in [0.15, 0.2) is 0 Å². The Morgan fingerprint density at radius 1 is 1.12 bits per heavy atom. The molecule has 2 N–H and O–H groups in total. The summed E-state index contributed by atoms with van der Waals surface area (Å²) in [6.45, 7) is 3.54. The predicted molar refractivity (Wildman–Crippen MR) is 119 cm³/mol. The lowest BCUT2D eigenvalue weighted by atomic mass is 10.2. The molecule has 2 amide bonds. The van der Waals surface area contributed by atoms with E-state index in [1.54, 1.807) is 12.1 Å². The summed E-state index contributed by atoms with van der Waals surface area (Å²) in [6, 6.07) is 19.0. The fourth-order valence-electron chi connectivity index (χ4n) is 3.41. The summed E-state index contributed by atoms with van der Waals surface area (Å²) in [6.07, 6.45) is 1.43. The Balaban J connectivity index is 1.21. The molecule has 1 fully saturated rings. The van der Waals surface area contributed by atoms with E-state index in [2.05, 4.69) is 32.7 Å². The Morgan fingerprint density at radius 2 is 1.94 bits per heavy atom. The molecule has 2 heterocycles. The molecular formula is C24H25FN4O3. The van der Waals surface area contributed by atoms with Gasteiger partial charge in [-0.05, 0) is 35.9 Å². The smallest absolute Gasteiger partial charge is 0.319 e. The number of ether oxygens (including phenoxy) is 2. The van der Waals surface area contributed by atoms with E-state index in [0.29, 0.717) is 30.5 Å². The molecule has 0 radical (unpaired) electrons. The number of morpholine rings is 1. The number of rotatable bonds is 7. The van der Waals surface area contributed by atoms with E-state index in [0.717, 1.165) is 19.6 Å². The highest BCUT2D eigenvalue weighted by atomic mass is 19.1. The third-order valence-electron chi connectivity index (χ3n) is 4.99. The van der Waals surface area contributed by atoms with Crippen molar-refractivity contribution in [1.29, 1.82) is 0 Å². The zero-order valence-electron chi connectivity index (χ0n) is 17.5. The first-order valence-electron chi connectivity index (χ1n) is 10.5. The van der Waals surface area contributed by atoms with Crippen LogP contribution in [0.5, 0.6) is 11.6 Å². The summed E-state index contributed by atoms with van der Waals surface area (Å²) in [5, 5.41) is 5.59. The van der Waals surface area contributed by atoms with Crippen LogP contribution >= 0.6 is 0 Å². The highest BCUT2D eigenvalue weighted by Crippen LogP contribution is 2.20. The standard InChI is InChI=1S/C24H25FN4O3/c25-19-6-9-21(10-7-19)32-23-11-8-20(14-26-23)28-24(30)27-15-22-17-29(12-13-31-22)16-18-4-2-1-3-5-18/h1-11,14,22H,12-13,15-17H2,(H2,27,28,30). The second kappa shape index (κ2) is 10.7. The average Bonchev–Trinajstić information content (AvgIpc) is 2.81. The number of nitrogens with zero attached hydrogens (tertiary/aromatic N) is 2. The minimum Gasteiger partial charge on any atom is -0.439 e.